The van der Waals surface area contributed by atoms with Gasteiger partial charge in [0.25, 0.3) is 0 Å². The molecule has 0 radical (unpaired) electrons. The summed E-state index contributed by atoms with van der Waals surface area (Å²) in [6.45, 7) is 4.08. The zero-order valence-electron chi connectivity index (χ0n) is 18.9. The van der Waals surface area contributed by atoms with Crippen LogP contribution in [0.2, 0.25) is 0 Å². The summed E-state index contributed by atoms with van der Waals surface area (Å²) >= 11 is 1.44. The number of aromatic nitrogens is 1. The minimum Gasteiger partial charge on any atom is -0.494 e. The number of nitrogens with one attached hydrogen (secondary N) is 1. The van der Waals surface area contributed by atoms with Gasteiger partial charge in [0.05, 0.1) is 40.7 Å². The molecule has 9 nitrogen and oxygen atoms in total. The smallest absolute Gasteiger partial charge is 0.409 e. The highest BCUT2D eigenvalue weighted by atomic mass is 32.2. The Morgan fingerprint density at radius 3 is 2.56 bits per heavy atom. The van der Waals surface area contributed by atoms with Gasteiger partial charge in [-0.05, 0) is 54.1 Å². The van der Waals surface area contributed by atoms with Crippen LogP contribution in [0.15, 0.2) is 40.6 Å². The fraction of sp³-hybridized carbons (Fsp3) is 0.381. The third kappa shape index (κ3) is 5.53. The third-order valence-corrected chi connectivity index (χ3v) is 6.24. The van der Waals surface area contributed by atoms with Gasteiger partial charge in [0.1, 0.15) is 23.5 Å². The first-order chi connectivity index (χ1) is 15.0. The van der Waals surface area contributed by atoms with Crippen LogP contribution in [-0.2, 0) is 16.6 Å². The Bertz CT molecular complexity index is 1270. The Hall–Kier alpha value is -2.76. The van der Waals surface area contributed by atoms with Crippen molar-refractivity contribution in [3.05, 3.63) is 35.9 Å². The lowest BCUT2D eigenvalue weighted by Gasteiger charge is -2.18. The molecule has 0 fully saturated rings. The number of anilines is 2. The number of thiazole rings is 1. The van der Waals surface area contributed by atoms with Crippen molar-refractivity contribution in [1.29, 1.82) is 0 Å². The minimum atomic E-state index is -3.54. The molecule has 172 valence electrons. The molecule has 1 unspecified atom stereocenters. The molecule has 0 saturated carbocycles. The van der Waals surface area contributed by atoms with Crippen LogP contribution >= 0.6 is 11.3 Å². The summed E-state index contributed by atoms with van der Waals surface area (Å²) in [6.07, 6.45) is 0.507. The van der Waals surface area contributed by atoms with Crippen molar-refractivity contribution in [2.24, 2.45) is 10.2 Å². The van der Waals surface area contributed by atoms with Crippen LogP contribution in [0.5, 0.6) is 5.75 Å². The first kappa shape index (κ1) is 23.9. The van der Waals surface area contributed by atoms with Gasteiger partial charge < -0.3 is 14.7 Å². The van der Waals surface area contributed by atoms with Crippen LogP contribution in [0.3, 0.4) is 0 Å². The summed E-state index contributed by atoms with van der Waals surface area (Å²) < 4.78 is 34.8. The van der Waals surface area contributed by atoms with Crippen LogP contribution in [0.25, 0.3) is 10.2 Å². The van der Waals surface area contributed by atoms with Crippen LogP contribution in [-0.4, -0.2) is 47.1 Å². The van der Waals surface area contributed by atoms with Gasteiger partial charge in [0.15, 0.2) is 0 Å². The average Bonchev–Trinajstić information content (AvgIpc) is 3.01. The van der Waals surface area contributed by atoms with Gasteiger partial charge in [-0.15, -0.1) is 0 Å². The second-order valence-electron chi connectivity index (χ2n) is 7.83. The Labute approximate surface area is 192 Å². The van der Waals surface area contributed by atoms with E-state index in [-0.39, 0.29) is 0 Å². The highest BCUT2D eigenvalue weighted by Crippen LogP contribution is 2.39. The molecule has 1 heterocycles. The SMILES string of the molecule is COc1cc(N=Nc2sc3ccc(C)cc3[n+]2CC(C)O)c(NS(C)(=O)=O)cc1N(C)C. The Morgan fingerprint density at radius 2 is 1.97 bits per heavy atom. The number of ether oxygens (including phenoxy) is 1. The molecule has 2 N–H and O–H groups in total. The summed E-state index contributed by atoms with van der Waals surface area (Å²) in [5.74, 6) is 0.534. The molecule has 0 aliphatic carbocycles. The number of aliphatic hydroxyl groups is 1. The molecular formula is C21H28N5O4S2+. The predicted molar refractivity (Wildman–Crippen MR) is 128 cm³/mol. The fourth-order valence-corrected chi connectivity index (χ4v) is 4.76. The number of hydrogen-bond acceptors (Lipinski definition) is 8. The summed E-state index contributed by atoms with van der Waals surface area (Å²) in [5.41, 5.74) is 3.36. The highest BCUT2D eigenvalue weighted by Gasteiger charge is 2.22. The standard InChI is InChI=1S/C21H27N5O4S2/c1-13-7-8-20-18(9-13)26(12-14(2)27)21(31-20)23-22-15-11-19(30-5)17(25(3)4)10-16(15)24-32(6,28)29/h7-11,14,27H,12H2,1-6H3/p+1. The molecule has 0 spiro atoms. The molecule has 0 saturated heterocycles. The maximum atomic E-state index is 11.9. The lowest BCUT2D eigenvalue weighted by atomic mass is 10.2. The van der Waals surface area contributed by atoms with Crippen molar-refractivity contribution in [2.75, 3.05) is 37.1 Å². The Balaban J connectivity index is 2.15. The van der Waals surface area contributed by atoms with E-state index in [2.05, 4.69) is 15.0 Å². The number of fused-ring (bicyclic) bond motifs is 1. The molecule has 3 rings (SSSR count). The number of methoxy groups -OCH3 is 1. The molecule has 2 aromatic carbocycles. The van der Waals surface area contributed by atoms with Crippen molar-refractivity contribution >= 4 is 53.8 Å². The number of azo groups is 1. The van der Waals surface area contributed by atoms with Gasteiger partial charge in [-0.1, -0.05) is 6.07 Å². The van der Waals surface area contributed by atoms with Crippen molar-refractivity contribution < 1.29 is 22.8 Å². The van der Waals surface area contributed by atoms with E-state index in [9.17, 15) is 13.5 Å². The van der Waals surface area contributed by atoms with E-state index >= 15 is 0 Å². The summed E-state index contributed by atoms with van der Waals surface area (Å²) in [5, 5.41) is 19.4. The highest BCUT2D eigenvalue weighted by molar-refractivity contribution is 7.92. The predicted octanol–water partition coefficient (Wildman–Crippen LogP) is 3.74. The lowest BCUT2D eigenvalue weighted by Crippen LogP contribution is -2.37. The topological polar surface area (TPSA) is 107 Å². The molecule has 0 aliphatic heterocycles. The van der Waals surface area contributed by atoms with Gasteiger partial charge >= 0.3 is 5.13 Å². The van der Waals surface area contributed by atoms with Crippen LogP contribution in [0, 0.1) is 6.92 Å². The number of aryl methyl sites for hydroxylation is 1. The zero-order valence-corrected chi connectivity index (χ0v) is 20.6. The van der Waals surface area contributed by atoms with Crippen molar-refractivity contribution in [3.8, 4) is 5.75 Å². The van der Waals surface area contributed by atoms with Crippen LogP contribution < -0.4 is 18.9 Å². The first-order valence-electron chi connectivity index (χ1n) is 9.88. The normalized spacial score (nSPS) is 13.0. The van der Waals surface area contributed by atoms with E-state index in [1.54, 1.807) is 19.1 Å². The lowest BCUT2D eigenvalue weighted by molar-refractivity contribution is -0.662. The van der Waals surface area contributed by atoms with E-state index in [1.165, 1.54) is 18.4 Å². The monoisotopic (exact) mass is 478 g/mol. The second-order valence-corrected chi connectivity index (χ2v) is 10.6. The van der Waals surface area contributed by atoms with Crippen molar-refractivity contribution in [1.82, 2.24) is 0 Å². The fourth-order valence-electron chi connectivity index (χ4n) is 3.23. The summed E-state index contributed by atoms with van der Waals surface area (Å²) in [4.78, 5) is 1.82. The third-order valence-electron chi connectivity index (χ3n) is 4.60. The van der Waals surface area contributed by atoms with E-state index in [0.29, 0.717) is 34.5 Å². The Morgan fingerprint density at radius 1 is 1.25 bits per heavy atom. The van der Waals surface area contributed by atoms with Crippen LogP contribution in [0.4, 0.5) is 22.2 Å². The number of nitrogens with zero attached hydrogens (tertiary/aromatic N) is 4. The second kappa shape index (κ2) is 9.39. The number of sulfonamides is 1. The molecule has 1 aromatic heterocycles. The molecule has 0 bridgehead atoms. The summed E-state index contributed by atoms with van der Waals surface area (Å²) in [7, 11) is 1.67. The molecule has 1 atom stereocenters. The molecule has 11 heteroatoms. The first-order valence-corrected chi connectivity index (χ1v) is 12.6. The Kier molecular flexibility index (Phi) is 7.01. The number of hydrogen-bond donors (Lipinski definition) is 2. The van der Waals surface area contributed by atoms with Crippen LogP contribution in [0.1, 0.15) is 12.5 Å². The maximum absolute atomic E-state index is 11.9. The van der Waals surface area contributed by atoms with Gasteiger partial charge in [-0.25, -0.2) is 13.0 Å². The van der Waals surface area contributed by atoms with E-state index in [0.717, 1.165) is 22.0 Å². The van der Waals surface area contributed by atoms with E-state index in [4.69, 9.17) is 4.74 Å². The maximum Gasteiger partial charge on any atom is 0.409 e. The van der Waals surface area contributed by atoms with E-state index in [1.807, 2.05) is 48.7 Å². The summed E-state index contributed by atoms with van der Waals surface area (Å²) in [6, 6.07) is 9.37. The number of benzene rings is 2. The van der Waals surface area contributed by atoms with Crippen molar-refractivity contribution in [3.63, 3.8) is 0 Å². The van der Waals surface area contributed by atoms with Gasteiger partial charge in [0, 0.05) is 20.2 Å². The largest absolute Gasteiger partial charge is 0.494 e. The number of aliphatic hydroxyl groups excluding tert-OH is 1. The zero-order chi connectivity index (χ0) is 23.6. The number of rotatable bonds is 8. The van der Waals surface area contributed by atoms with Gasteiger partial charge in [-0.2, -0.15) is 0 Å². The molecule has 3 aromatic rings. The molecular weight excluding hydrogens is 450 g/mol. The quantitative estimate of drug-likeness (QED) is 0.379. The van der Waals surface area contributed by atoms with Gasteiger partial charge in [-0.3, -0.25) is 4.72 Å². The van der Waals surface area contributed by atoms with Crippen molar-refractivity contribution in [2.45, 2.75) is 26.5 Å². The minimum absolute atomic E-state index is 0.291. The van der Waals surface area contributed by atoms with E-state index < -0.39 is 16.1 Å². The average molecular weight is 479 g/mol. The molecule has 0 amide bonds. The molecule has 0 aliphatic rings. The van der Waals surface area contributed by atoms with Gasteiger partial charge in [0.2, 0.25) is 10.0 Å². The molecule has 32 heavy (non-hydrogen) atoms.